The molecule has 1 aromatic rings. The highest BCUT2D eigenvalue weighted by molar-refractivity contribution is 5.22. The summed E-state index contributed by atoms with van der Waals surface area (Å²) in [6, 6.07) is 2.14. The van der Waals surface area contributed by atoms with E-state index in [4.69, 9.17) is 0 Å². The van der Waals surface area contributed by atoms with Crippen LogP contribution < -0.4 is 0 Å². The summed E-state index contributed by atoms with van der Waals surface area (Å²) in [6.45, 7) is 3.86. The molecule has 0 N–H and O–H groups in total. The van der Waals surface area contributed by atoms with Gasteiger partial charge in [0.1, 0.15) is 0 Å². The van der Waals surface area contributed by atoms with E-state index >= 15 is 0 Å². The molecule has 0 aliphatic heterocycles. The monoisotopic (exact) mass is 202 g/mol. The van der Waals surface area contributed by atoms with Crippen LogP contribution in [-0.2, 0) is 0 Å². The Bertz CT molecular complexity index is 297. The average molecular weight is 202 g/mol. The SMILES string of the molecule is CCCC(C)c1cc(F)c(F)c(F)c1. The van der Waals surface area contributed by atoms with Crippen molar-refractivity contribution in [1.29, 1.82) is 0 Å². The zero-order valence-corrected chi connectivity index (χ0v) is 8.28. The maximum Gasteiger partial charge on any atom is 0.194 e. The van der Waals surface area contributed by atoms with E-state index in [1.807, 2.05) is 13.8 Å². The Balaban J connectivity index is 3.00. The number of hydrogen-bond donors (Lipinski definition) is 0. The van der Waals surface area contributed by atoms with Crippen molar-refractivity contribution in [3.63, 3.8) is 0 Å². The first-order valence-corrected chi connectivity index (χ1v) is 4.70. The molecule has 1 unspecified atom stereocenters. The van der Waals surface area contributed by atoms with Crippen LogP contribution in [0, 0.1) is 17.5 Å². The van der Waals surface area contributed by atoms with Crippen LogP contribution in [0.4, 0.5) is 13.2 Å². The molecule has 0 amide bonds. The van der Waals surface area contributed by atoms with E-state index in [1.165, 1.54) is 0 Å². The second-order valence-corrected chi connectivity index (χ2v) is 3.49. The lowest BCUT2D eigenvalue weighted by molar-refractivity contribution is 0.443. The van der Waals surface area contributed by atoms with E-state index in [0.717, 1.165) is 25.0 Å². The summed E-state index contributed by atoms with van der Waals surface area (Å²) in [6.07, 6.45) is 1.77. The van der Waals surface area contributed by atoms with Gasteiger partial charge in [0.2, 0.25) is 0 Å². The van der Waals surface area contributed by atoms with Crippen LogP contribution in [0.1, 0.15) is 38.2 Å². The van der Waals surface area contributed by atoms with E-state index in [2.05, 4.69) is 0 Å². The molecule has 0 aliphatic carbocycles. The smallest absolute Gasteiger partial charge is 0.194 e. The highest BCUT2D eigenvalue weighted by atomic mass is 19.2. The van der Waals surface area contributed by atoms with Gasteiger partial charge in [0, 0.05) is 0 Å². The highest BCUT2D eigenvalue weighted by Crippen LogP contribution is 2.23. The molecule has 0 aromatic heterocycles. The maximum absolute atomic E-state index is 12.8. The molecule has 0 spiro atoms. The first-order chi connectivity index (χ1) is 6.56. The van der Waals surface area contributed by atoms with Crippen molar-refractivity contribution in [3.8, 4) is 0 Å². The van der Waals surface area contributed by atoms with Gasteiger partial charge in [-0.1, -0.05) is 20.3 Å². The predicted molar refractivity (Wildman–Crippen MR) is 49.6 cm³/mol. The van der Waals surface area contributed by atoms with Crippen LogP contribution >= 0.6 is 0 Å². The minimum absolute atomic E-state index is 0.0598. The molecule has 0 aliphatic rings. The molecule has 1 aromatic carbocycles. The predicted octanol–water partition coefficient (Wildman–Crippen LogP) is 4.01. The Morgan fingerprint density at radius 1 is 1.14 bits per heavy atom. The van der Waals surface area contributed by atoms with Crippen molar-refractivity contribution in [1.82, 2.24) is 0 Å². The third-order valence-corrected chi connectivity index (χ3v) is 2.30. The molecular formula is C11H13F3. The van der Waals surface area contributed by atoms with E-state index in [9.17, 15) is 13.2 Å². The molecule has 1 rings (SSSR count). The molecular weight excluding hydrogens is 189 g/mol. The molecule has 0 nitrogen and oxygen atoms in total. The van der Waals surface area contributed by atoms with Gasteiger partial charge >= 0.3 is 0 Å². The summed E-state index contributed by atoms with van der Waals surface area (Å²) in [5.41, 5.74) is 0.517. The molecule has 0 radical (unpaired) electrons. The lowest BCUT2D eigenvalue weighted by Gasteiger charge is -2.10. The Labute approximate surface area is 81.8 Å². The minimum Gasteiger partial charge on any atom is -0.204 e. The van der Waals surface area contributed by atoms with Crippen LogP contribution in [-0.4, -0.2) is 0 Å². The number of halogens is 3. The first kappa shape index (κ1) is 11.1. The lowest BCUT2D eigenvalue weighted by Crippen LogP contribution is -1.98. The molecule has 0 saturated carbocycles. The zero-order valence-electron chi connectivity index (χ0n) is 8.28. The summed E-state index contributed by atoms with van der Waals surface area (Å²) in [7, 11) is 0. The number of benzene rings is 1. The van der Waals surface area contributed by atoms with Crippen LogP contribution in [0.15, 0.2) is 12.1 Å². The first-order valence-electron chi connectivity index (χ1n) is 4.70. The molecule has 0 bridgehead atoms. The number of rotatable bonds is 3. The normalized spacial score (nSPS) is 12.9. The van der Waals surface area contributed by atoms with E-state index in [-0.39, 0.29) is 5.92 Å². The Kier molecular flexibility index (Phi) is 3.55. The Hall–Kier alpha value is -0.990. The van der Waals surface area contributed by atoms with Crippen molar-refractivity contribution in [2.75, 3.05) is 0 Å². The van der Waals surface area contributed by atoms with Gasteiger partial charge in [-0.3, -0.25) is 0 Å². The number of hydrogen-bond acceptors (Lipinski definition) is 0. The summed E-state index contributed by atoms with van der Waals surface area (Å²) >= 11 is 0. The maximum atomic E-state index is 12.8. The van der Waals surface area contributed by atoms with E-state index in [1.54, 1.807) is 0 Å². The largest absolute Gasteiger partial charge is 0.204 e. The Morgan fingerprint density at radius 3 is 2.07 bits per heavy atom. The summed E-state index contributed by atoms with van der Waals surface area (Å²) < 4.78 is 38.3. The quantitative estimate of drug-likeness (QED) is 0.650. The van der Waals surface area contributed by atoms with E-state index in [0.29, 0.717) is 5.56 Å². The highest BCUT2D eigenvalue weighted by Gasteiger charge is 2.13. The fourth-order valence-corrected chi connectivity index (χ4v) is 1.46. The fraction of sp³-hybridized carbons (Fsp3) is 0.455. The Morgan fingerprint density at radius 2 is 1.64 bits per heavy atom. The summed E-state index contributed by atoms with van der Waals surface area (Å²) in [4.78, 5) is 0. The van der Waals surface area contributed by atoms with Crippen LogP contribution in [0.5, 0.6) is 0 Å². The van der Waals surface area contributed by atoms with Gasteiger partial charge in [0.05, 0.1) is 0 Å². The van der Waals surface area contributed by atoms with E-state index < -0.39 is 17.5 Å². The molecule has 0 saturated heterocycles. The minimum atomic E-state index is -1.39. The van der Waals surface area contributed by atoms with Gasteiger partial charge in [0.15, 0.2) is 17.5 Å². The average Bonchev–Trinajstić information content (AvgIpc) is 2.13. The van der Waals surface area contributed by atoms with Crippen molar-refractivity contribution in [2.45, 2.75) is 32.6 Å². The van der Waals surface area contributed by atoms with Gasteiger partial charge in [-0.2, -0.15) is 0 Å². The van der Waals surface area contributed by atoms with Gasteiger partial charge in [0.25, 0.3) is 0 Å². The molecule has 3 heteroatoms. The van der Waals surface area contributed by atoms with Crippen molar-refractivity contribution in [3.05, 3.63) is 35.1 Å². The van der Waals surface area contributed by atoms with Crippen molar-refractivity contribution < 1.29 is 13.2 Å². The van der Waals surface area contributed by atoms with Crippen molar-refractivity contribution >= 4 is 0 Å². The van der Waals surface area contributed by atoms with Gasteiger partial charge in [-0.25, -0.2) is 13.2 Å². The van der Waals surface area contributed by atoms with Crippen LogP contribution in [0.2, 0.25) is 0 Å². The molecule has 1 atom stereocenters. The second kappa shape index (κ2) is 4.49. The van der Waals surface area contributed by atoms with Crippen molar-refractivity contribution in [2.24, 2.45) is 0 Å². The summed E-state index contributed by atoms with van der Waals surface area (Å²) in [5, 5.41) is 0. The third-order valence-electron chi connectivity index (χ3n) is 2.30. The van der Waals surface area contributed by atoms with Gasteiger partial charge in [-0.05, 0) is 30.0 Å². The van der Waals surface area contributed by atoms with Crippen LogP contribution in [0.3, 0.4) is 0 Å². The molecule has 14 heavy (non-hydrogen) atoms. The van der Waals surface area contributed by atoms with Gasteiger partial charge in [-0.15, -0.1) is 0 Å². The second-order valence-electron chi connectivity index (χ2n) is 3.49. The van der Waals surface area contributed by atoms with Crippen LogP contribution in [0.25, 0.3) is 0 Å². The molecule has 78 valence electrons. The molecule has 0 fully saturated rings. The fourth-order valence-electron chi connectivity index (χ4n) is 1.46. The summed E-state index contributed by atoms with van der Waals surface area (Å²) in [5.74, 6) is -3.55. The zero-order chi connectivity index (χ0) is 10.7. The molecule has 0 heterocycles. The van der Waals surface area contributed by atoms with Gasteiger partial charge < -0.3 is 0 Å². The standard InChI is InChI=1S/C11H13F3/c1-3-4-7(2)8-5-9(12)11(14)10(13)6-8/h5-7H,3-4H2,1-2H3. The topological polar surface area (TPSA) is 0 Å². The lowest BCUT2D eigenvalue weighted by atomic mass is 9.96. The third kappa shape index (κ3) is 2.28.